The first-order valence-corrected chi connectivity index (χ1v) is 10.9. The molecule has 10 heteroatoms. The fraction of sp³-hybridized carbons (Fsp3) is 0.348. The molecule has 2 N–H and O–H groups in total. The standard InChI is InChI=1S/C23H24F2N6OS/c1-13-22(2,30-21(27)33-23(13,3)20(32)31(4)5)16-8-15(12-29-19(16)25)9-17(24)18-7-6-14(10-26)11-28-18/h6-9,11-13H,1-5H3,(H2,27,30)/b17-9-/t13-,22-,23-/m0/s1. The number of amides is 1. The molecular weight excluding hydrogens is 446 g/mol. The van der Waals surface area contributed by atoms with Gasteiger partial charge in [0.1, 0.15) is 16.6 Å². The summed E-state index contributed by atoms with van der Waals surface area (Å²) in [5, 5.41) is 9.02. The molecule has 3 rings (SSSR count). The molecular formula is C23H24F2N6OS. The fourth-order valence-corrected chi connectivity index (χ4v) is 5.22. The average molecular weight is 471 g/mol. The van der Waals surface area contributed by atoms with Gasteiger partial charge in [-0.2, -0.15) is 9.65 Å². The smallest absolute Gasteiger partial charge is 0.238 e. The number of nitrogens with zero attached hydrogens (tertiary/aromatic N) is 5. The van der Waals surface area contributed by atoms with Gasteiger partial charge in [-0.15, -0.1) is 0 Å². The summed E-state index contributed by atoms with van der Waals surface area (Å²) in [6, 6.07) is 6.21. The maximum atomic E-state index is 15.0. The van der Waals surface area contributed by atoms with E-state index in [1.54, 1.807) is 27.9 Å². The Hall–Kier alpha value is -3.32. The lowest BCUT2D eigenvalue weighted by molar-refractivity contribution is -0.132. The van der Waals surface area contributed by atoms with E-state index in [0.29, 0.717) is 5.56 Å². The number of hydrogen-bond acceptors (Lipinski definition) is 7. The van der Waals surface area contributed by atoms with Crippen LogP contribution in [0.25, 0.3) is 11.9 Å². The van der Waals surface area contributed by atoms with E-state index in [-0.39, 0.29) is 27.9 Å². The maximum absolute atomic E-state index is 15.0. The number of nitrogens with two attached hydrogens (primary N) is 1. The molecule has 172 valence electrons. The molecule has 0 saturated heterocycles. The number of rotatable bonds is 4. The van der Waals surface area contributed by atoms with Gasteiger partial charge in [-0.1, -0.05) is 18.7 Å². The number of hydrogen-bond donors (Lipinski definition) is 1. The highest BCUT2D eigenvalue weighted by Gasteiger charge is 2.54. The summed E-state index contributed by atoms with van der Waals surface area (Å²) in [7, 11) is 3.29. The second kappa shape index (κ2) is 8.90. The molecule has 1 aliphatic rings. The molecule has 1 amide bonds. The van der Waals surface area contributed by atoms with E-state index in [4.69, 9.17) is 11.0 Å². The molecule has 0 fully saturated rings. The van der Waals surface area contributed by atoms with Crippen LogP contribution in [0.15, 0.2) is 35.6 Å². The van der Waals surface area contributed by atoms with Crippen molar-refractivity contribution in [3.63, 3.8) is 0 Å². The van der Waals surface area contributed by atoms with E-state index < -0.39 is 28.0 Å². The minimum absolute atomic E-state index is 0.0277. The summed E-state index contributed by atoms with van der Waals surface area (Å²) in [5.74, 6) is -2.10. The van der Waals surface area contributed by atoms with Crippen molar-refractivity contribution in [1.29, 1.82) is 5.26 Å². The first-order chi connectivity index (χ1) is 15.4. The van der Waals surface area contributed by atoms with Gasteiger partial charge in [-0.3, -0.25) is 14.8 Å². The predicted molar refractivity (Wildman–Crippen MR) is 125 cm³/mol. The Morgan fingerprint density at radius 1 is 1.30 bits per heavy atom. The molecule has 0 aromatic carbocycles. The SMILES string of the molecule is C[C@@H]1[C@@](C)(C(=O)N(C)C)SC(N)=N[C@]1(C)c1cc(/C=C(\F)c2ccc(C#N)cn2)cnc1F. The van der Waals surface area contributed by atoms with Crippen LogP contribution in [0.3, 0.4) is 0 Å². The number of amidine groups is 1. The zero-order valence-electron chi connectivity index (χ0n) is 18.9. The van der Waals surface area contributed by atoms with Crippen LogP contribution in [-0.2, 0) is 10.3 Å². The lowest BCUT2D eigenvalue weighted by Crippen LogP contribution is -2.56. The molecule has 2 aromatic heterocycles. The average Bonchev–Trinajstić information content (AvgIpc) is 2.78. The molecule has 3 atom stereocenters. The molecule has 1 aliphatic heterocycles. The van der Waals surface area contributed by atoms with Gasteiger partial charge in [0.2, 0.25) is 11.9 Å². The van der Waals surface area contributed by atoms with E-state index >= 15 is 0 Å². The number of pyridine rings is 2. The number of carbonyl (C=O) groups is 1. The summed E-state index contributed by atoms with van der Waals surface area (Å²) in [6.07, 6.45) is 3.64. The van der Waals surface area contributed by atoms with Crippen molar-refractivity contribution >= 4 is 34.7 Å². The van der Waals surface area contributed by atoms with Crippen molar-refractivity contribution in [3.05, 3.63) is 58.9 Å². The van der Waals surface area contributed by atoms with Crippen molar-refractivity contribution in [2.45, 2.75) is 31.1 Å². The Morgan fingerprint density at radius 2 is 2.00 bits per heavy atom. The van der Waals surface area contributed by atoms with Gasteiger partial charge in [0.15, 0.2) is 5.17 Å². The van der Waals surface area contributed by atoms with Gasteiger partial charge >= 0.3 is 0 Å². The van der Waals surface area contributed by atoms with Crippen LogP contribution in [-0.4, -0.2) is 44.8 Å². The number of nitriles is 1. The molecule has 0 unspecified atom stereocenters. The Kier molecular flexibility index (Phi) is 6.56. The number of halogens is 2. The topological polar surface area (TPSA) is 108 Å². The van der Waals surface area contributed by atoms with Crippen LogP contribution in [0.5, 0.6) is 0 Å². The third-order valence-electron chi connectivity index (χ3n) is 6.00. The normalized spacial score (nSPS) is 25.2. The summed E-state index contributed by atoms with van der Waals surface area (Å²) >= 11 is 1.14. The monoisotopic (exact) mass is 470 g/mol. The number of thioether (sulfide) groups is 1. The highest BCUT2D eigenvalue weighted by atomic mass is 32.2. The molecule has 33 heavy (non-hydrogen) atoms. The molecule has 0 radical (unpaired) electrons. The molecule has 2 aromatic rings. The highest BCUT2D eigenvalue weighted by Crippen LogP contribution is 2.50. The van der Waals surface area contributed by atoms with Gasteiger partial charge in [-0.25, -0.2) is 9.37 Å². The number of carbonyl (C=O) groups excluding carboxylic acids is 1. The van der Waals surface area contributed by atoms with Crippen molar-refractivity contribution < 1.29 is 13.6 Å². The van der Waals surface area contributed by atoms with Gasteiger partial charge < -0.3 is 10.6 Å². The molecule has 3 heterocycles. The van der Waals surface area contributed by atoms with E-state index in [9.17, 15) is 13.6 Å². The minimum atomic E-state index is -1.22. The number of aromatic nitrogens is 2. The van der Waals surface area contributed by atoms with Crippen LogP contribution < -0.4 is 5.73 Å². The maximum Gasteiger partial charge on any atom is 0.238 e. The largest absolute Gasteiger partial charge is 0.378 e. The lowest BCUT2D eigenvalue weighted by atomic mass is 9.73. The highest BCUT2D eigenvalue weighted by molar-refractivity contribution is 8.15. The van der Waals surface area contributed by atoms with Gasteiger partial charge in [0.25, 0.3) is 0 Å². The van der Waals surface area contributed by atoms with Gasteiger partial charge in [-0.05, 0) is 43.7 Å². The van der Waals surface area contributed by atoms with E-state index in [1.165, 1.54) is 41.6 Å². The molecule has 0 saturated carbocycles. The second-order valence-electron chi connectivity index (χ2n) is 8.37. The van der Waals surface area contributed by atoms with Crippen molar-refractivity contribution in [2.75, 3.05) is 14.1 Å². The summed E-state index contributed by atoms with van der Waals surface area (Å²) in [4.78, 5) is 26.7. The van der Waals surface area contributed by atoms with Crippen LogP contribution in [0.2, 0.25) is 0 Å². The van der Waals surface area contributed by atoms with E-state index in [1.807, 2.05) is 13.0 Å². The Labute approximate surface area is 195 Å². The molecule has 7 nitrogen and oxygen atoms in total. The predicted octanol–water partition coefficient (Wildman–Crippen LogP) is 3.71. The van der Waals surface area contributed by atoms with Crippen molar-refractivity contribution in [1.82, 2.24) is 14.9 Å². The van der Waals surface area contributed by atoms with Gasteiger partial charge in [0, 0.05) is 38.0 Å². The molecule has 0 aliphatic carbocycles. The summed E-state index contributed by atoms with van der Waals surface area (Å²) in [6.45, 7) is 5.26. The fourth-order valence-electron chi connectivity index (χ4n) is 3.88. The summed E-state index contributed by atoms with van der Waals surface area (Å²) < 4.78 is 28.8. The van der Waals surface area contributed by atoms with Gasteiger partial charge in [0.05, 0.1) is 16.8 Å². The third kappa shape index (κ3) is 4.46. The van der Waals surface area contributed by atoms with Crippen LogP contribution in [0.1, 0.15) is 43.2 Å². The summed E-state index contributed by atoms with van der Waals surface area (Å²) in [5.41, 5.74) is 5.59. The van der Waals surface area contributed by atoms with E-state index in [2.05, 4.69) is 15.0 Å². The molecule has 0 spiro atoms. The zero-order valence-corrected chi connectivity index (χ0v) is 19.7. The third-order valence-corrected chi connectivity index (χ3v) is 7.25. The number of aliphatic imine (C=N–C) groups is 1. The molecule has 0 bridgehead atoms. The van der Waals surface area contributed by atoms with E-state index in [0.717, 1.165) is 11.8 Å². The Balaban J connectivity index is 2.07. The van der Waals surface area contributed by atoms with Crippen LogP contribution in [0, 0.1) is 23.2 Å². The Bertz CT molecular complexity index is 1190. The second-order valence-corrected chi connectivity index (χ2v) is 9.84. The zero-order chi connectivity index (χ0) is 24.6. The van der Waals surface area contributed by atoms with Crippen molar-refractivity contribution in [2.24, 2.45) is 16.6 Å². The first kappa shape index (κ1) is 24.3. The quantitative estimate of drug-likeness (QED) is 0.683. The Morgan fingerprint density at radius 3 is 2.58 bits per heavy atom. The van der Waals surface area contributed by atoms with Crippen LogP contribution in [0.4, 0.5) is 8.78 Å². The van der Waals surface area contributed by atoms with Crippen LogP contribution >= 0.6 is 11.8 Å². The lowest BCUT2D eigenvalue weighted by Gasteiger charge is -2.47. The minimum Gasteiger partial charge on any atom is -0.378 e. The van der Waals surface area contributed by atoms with Crippen molar-refractivity contribution in [3.8, 4) is 6.07 Å². The first-order valence-electron chi connectivity index (χ1n) is 10.1.